The van der Waals surface area contributed by atoms with Crippen LogP contribution in [0, 0.1) is 11.7 Å². The van der Waals surface area contributed by atoms with Crippen LogP contribution in [0.25, 0.3) is 0 Å². The summed E-state index contributed by atoms with van der Waals surface area (Å²) in [6.45, 7) is 1.57. The van der Waals surface area contributed by atoms with Crippen LogP contribution in [0.3, 0.4) is 0 Å². The van der Waals surface area contributed by atoms with Crippen molar-refractivity contribution >= 4 is 29.0 Å². The molecule has 6 heteroatoms. The number of nitrogens with zero attached hydrogens (tertiary/aromatic N) is 1. The van der Waals surface area contributed by atoms with Crippen molar-refractivity contribution in [3.63, 3.8) is 0 Å². The Labute approximate surface area is 144 Å². The Bertz CT molecular complexity index is 850. The van der Waals surface area contributed by atoms with Gasteiger partial charge in [-0.1, -0.05) is 24.3 Å². The van der Waals surface area contributed by atoms with Crippen LogP contribution >= 0.6 is 0 Å². The van der Waals surface area contributed by atoms with Crippen LogP contribution in [0.1, 0.15) is 23.7 Å². The van der Waals surface area contributed by atoms with Gasteiger partial charge in [0.1, 0.15) is 5.82 Å². The molecule has 0 aromatic heterocycles. The Morgan fingerprint density at radius 3 is 2.64 bits per heavy atom. The average Bonchev–Trinajstić information content (AvgIpc) is 2.97. The summed E-state index contributed by atoms with van der Waals surface area (Å²) in [5, 5.41) is 2.72. The number of halogens is 1. The number of anilines is 2. The minimum atomic E-state index is -0.576. The molecule has 2 amide bonds. The second kappa shape index (κ2) is 6.84. The highest BCUT2D eigenvalue weighted by molar-refractivity contribution is 6.04. The molecule has 0 bridgehead atoms. The quantitative estimate of drug-likeness (QED) is 0.870. The van der Waals surface area contributed by atoms with Gasteiger partial charge in [-0.05, 0) is 31.2 Å². The maximum Gasteiger partial charge on any atom is 0.229 e. The van der Waals surface area contributed by atoms with Gasteiger partial charge in [-0.2, -0.15) is 0 Å². The monoisotopic (exact) mass is 340 g/mol. The summed E-state index contributed by atoms with van der Waals surface area (Å²) < 4.78 is 13.9. The molecule has 1 fully saturated rings. The second-order valence-corrected chi connectivity index (χ2v) is 5.98. The molecule has 1 aliphatic rings. The first kappa shape index (κ1) is 16.8. The van der Waals surface area contributed by atoms with E-state index in [-0.39, 0.29) is 36.3 Å². The molecule has 1 N–H and O–H groups in total. The van der Waals surface area contributed by atoms with Gasteiger partial charge in [0.05, 0.1) is 11.6 Å². The summed E-state index contributed by atoms with van der Waals surface area (Å²) >= 11 is 0. The zero-order valence-corrected chi connectivity index (χ0v) is 13.7. The predicted molar refractivity (Wildman–Crippen MR) is 91.9 cm³/mol. The Hall–Kier alpha value is -3.02. The van der Waals surface area contributed by atoms with Crippen LogP contribution in [0.4, 0.5) is 15.8 Å². The zero-order valence-electron chi connectivity index (χ0n) is 13.7. The van der Waals surface area contributed by atoms with Crippen LogP contribution in [-0.4, -0.2) is 24.1 Å². The lowest BCUT2D eigenvalue weighted by Crippen LogP contribution is -2.28. The van der Waals surface area contributed by atoms with E-state index in [2.05, 4.69) is 5.32 Å². The van der Waals surface area contributed by atoms with E-state index in [4.69, 9.17) is 0 Å². The summed E-state index contributed by atoms with van der Waals surface area (Å²) in [5.41, 5.74) is 1.17. The summed E-state index contributed by atoms with van der Waals surface area (Å²) in [6.07, 6.45) is 0.0204. The topological polar surface area (TPSA) is 66.5 Å². The first-order valence-corrected chi connectivity index (χ1v) is 7.92. The van der Waals surface area contributed by atoms with Crippen molar-refractivity contribution in [2.45, 2.75) is 13.3 Å². The number of hydrogen-bond donors (Lipinski definition) is 1. The minimum absolute atomic E-state index is 0.0204. The molecule has 0 saturated carbocycles. The Morgan fingerprint density at radius 2 is 1.92 bits per heavy atom. The zero-order chi connectivity index (χ0) is 18.0. The third-order valence-electron chi connectivity index (χ3n) is 4.18. The van der Waals surface area contributed by atoms with E-state index < -0.39 is 11.7 Å². The molecule has 128 valence electrons. The molecule has 25 heavy (non-hydrogen) atoms. The summed E-state index contributed by atoms with van der Waals surface area (Å²) in [4.78, 5) is 37.3. The average molecular weight is 340 g/mol. The molecule has 0 spiro atoms. The number of hydrogen-bond acceptors (Lipinski definition) is 3. The molecule has 2 aromatic rings. The molecule has 1 saturated heterocycles. The van der Waals surface area contributed by atoms with E-state index >= 15 is 0 Å². The van der Waals surface area contributed by atoms with Gasteiger partial charge in [-0.15, -0.1) is 0 Å². The van der Waals surface area contributed by atoms with E-state index in [1.165, 1.54) is 24.0 Å². The number of benzene rings is 2. The van der Waals surface area contributed by atoms with Gasteiger partial charge in [-0.25, -0.2) is 4.39 Å². The van der Waals surface area contributed by atoms with Gasteiger partial charge in [0.15, 0.2) is 5.78 Å². The fourth-order valence-corrected chi connectivity index (χ4v) is 2.85. The molecule has 1 heterocycles. The number of rotatable bonds is 4. The number of amides is 2. The normalized spacial score (nSPS) is 16.8. The van der Waals surface area contributed by atoms with Crippen LogP contribution in [0.5, 0.6) is 0 Å². The van der Waals surface area contributed by atoms with Crippen molar-refractivity contribution in [2.24, 2.45) is 5.92 Å². The van der Waals surface area contributed by atoms with E-state index in [9.17, 15) is 18.8 Å². The summed E-state index contributed by atoms with van der Waals surface area (Å²) in [5.74, 6) is -1.78. The number of ketones is 1. The molecule has 5 nitrogen and oxygen atoms in total. The first-order chi connectivity index (χ1) is 12.0. The fraction of sp³-hybridized carbons (Fsp3) is 0.211. The Morgan fingerprint density at radius 1 is 1.16 bits per heavy atom. The number of para-hydroxylation sites is 1. The third kappa shape index (κ3) is 3.57. The van der Waals surface area contributed by atoms with Gasteiger partial charge in [0.2, 0.25) is 11.8 Å². The lowest BCUT2D eigenvalue weighted by atomic mass is 10.1. The number of carbonyl (C=O) groups excluding carboxylic acids is 3. The molecule has 0 aliphatic carbocycles. The highest BCUT2D eigenvalue weighted by atomic mass is 19.1. The molecule has 0 radical (unpaired) electrons. The van der Waals surface area contributed by atoms with Crippen LogP contribution in [0.2, 0.25) is 0 Å². The van der Waals surface area contributed by atoms with Crippen molar-refractivity contribution in [3.05, 3.63) is 59.9 Å². The molecular formula is C19H17FN2O3. The van der Waals surface area contributed by atoms with Crippen molar-refractivity contribution in [1.29, 1.82) is 0 Å². The van der Waals surface area contributed by atoms with Gasteiger partial charge >= 0.3 is 0 Å². The van der Waals surface area contributed by atoms with Crippen molar-refractivity contribution in [1.82, 2.24) is 0 Å². The van der Waals surface area contributed by atoms with Crippen molar-refractivity contribution in [2.75, 3.05) is 16.8 Å². The second-order valence-electron chi connectivity index (χ2n) is 5.98. The van der Waals surface area contributed by atoms with E-state index in [1.54, 1.807) is 36.4 Å². The third-order valence-corrected chi connectivity index (χ3v) is 4.18. The predicted octanol–water partition coefficient (Wildman–Crippen LogP) is 3.02. The maximum atomic E-state index is 13.9. The lowest BCUT2D eigenvalue weighted by molar-refractivity contribution is -0.122. The van der Waals surface area contributed by atoms with E-state index in [0.717, 1.165) is 0 Å². The lowest BCUT2D eigenvalue weighted by Gasteiger charge is -2.17. The van der Waals surface area contributed by atoms with Gasteiger partial charge in [0.25, 0.3) is 0 Å². The Kier molecular flexibility index (Phi) is 4.61. The molecule has 3 rings (SSSR count). The van der Waals surface area contributed by atoms with Gasteiger partial charge < -0.3 is 10.2 Å². The fourth-order valence-electron chi connectivity index (χ4n) is 2.85. The molecule has 1 aliphatic heterocycles. The van der Waals surface area contributed by atoms with E-state index in [1.807, 2.05) is 0 Å². The summed E-state index contributed by atoms with van der Waals surface area (Å²) in [7, 11) is 0. The van der Waals surface area contributed by atoms with Crippen molar-refractivity contribution in [3.8, 4) is 0 Å². The van der Waals surface area contributed by atoms with Crippen LogP contribution < -0.4 is 10.2 Å². The molecule has 0 unspecified atom stereocenters. The summed E-state index contributed by atoms with van der Waals surface area (Å²) in [6, 6.07) is 12.6. The van der Waals surface area contributed by atoms with Gasteiger partial charge in [0, 0.05) is 24.2 Å². The largest absolute Gasteiger partial charge is 0.326 e. The van der Waals surface area contributed by atoms with Crippen LogP contribution in [0.15, 0.2) is 48.5 Å². The SMILES string of the molecule is CC(=O)c1cccc(NC(=O)[C@@H]2CC(=O)N(c3ccccc3F)C2)c1. The number of Topliss-reactive ketones (excluding diaryl/α,β-unsaturated/α-hetero) is 1. The van der Waals surface area contributed by atoms with E-state index in [0.29, 0.717) is 11.3 Å². The Balaban J connectivity index is 1.72. The standard InChI is InChI=1S/C19H17FN2O3/c1-12(23)13-5-4-6-15(9-13)21-19(25)14-10-18(24)22(11-14)17-8-3-2-7-16(17)20/h2-9,14H,10-11H2,1H3,(H,21,25)/t14-/m1/s1. The van der Waals surface area contributed by atoms with Gasteiger partial charge in [-0.3, -0.25) is 14.4 Å². The maximum absolute atomic E-state index is 13.9. The highest BCUT2D eigenvalue weighted by Gasteiger charge is 2.36. The minimum Gasteiger partial charge on any atom is -0.326 e. The molecule has 2 aromatic carbocycles. The first-order valence-electron chi connectivity index (χ1n) is 7.92. The van der Waals surface area contributed by atoms with Crippen LogP contribution in [-0.2, 0) is 9.59 Å². The smallest absolute Gasteiger partial charge is 0.229 e. The molecule has 1 atom stereocenters. The highest BCUT2D eigenvalue weighted by Crippen LogP contribution is 2.28. The number of nitrogens with one attached hydrogen (secondary N) is 1. The molecular weight excluding hydrogens is 323 g/mol. The van der Waals surface area contributed by atoms with Crippen molar-refractivity contribution < 1.29 is 18.8 Å². The number of carbonyl (C=O) groups is 3.